The summed E-state index contributed by atoms with van der Waals surface area (Å²) in [5, 5.41) is 9.89. The molecule has 0 heterocycles. The fourth-order valence-corrected chi connectivity index (χ4v) is 2.74. The van der Waals surface area contributed by atoms with Crippen LogP contribution in [0.5, 0.6) is 0 Å². The fourth-order valence-electron chi connectivity index (χ4n) is 2.74. The van der Waals surface area contributed by atoms with Crippen molar-refractivity contribution >= 4 is 0 Å². The van der Waals surface area contributed by atoms with E-state index in [1.165, 1.54) is 0 Å². The Morgan fingerprint density at radius 1 is 0.947 bits per heavy atom. The van der Waals surface area contributed by atoms with Crippen molar-refractivity contribution in [2.75, 3.05) is 6.54 Å². The third kappa shape index (κ3) is 2.86. The summed E-state index contributed by atoms with van der Waals surface area (Å²) >= 11 is 0. The maximum atomic E-state index is 9.89. The molecule has 0 radical (unpaired) electrons. The van der Waals surface area contributed by atoms with Gasteiger partial charge in [-0.15, -0.1) is 0 Å². The van der Waals surface area contributed by atoms with Crippen LogP contribution in [-0.4, -0.2) is 17.8 Å². The maximum Gasteiger partial charge on any atom is 0.0524 e. The average Bonchev–Trinajstić information content (AvgIpc) is 2.46. The summed E-state index contributed by atoms with van der Waals surface area (Å²) < 4.78 is 0. The molecule has 0 aromatic heterocycles. The Hall–Kier alpha value is -1.64. The molecule has 3 N–H and O–H groups in total. The lowest BCUT2D eigenvalue weighted by atomic mass is 9.71. The van der Waals surface area contributed by atoms with Crippen molar-refractivity contribution in [2.45, 2.75) is 24.9 Å². The largest absolute Gasteiger partial charge is 0.393 e. The van der Waals surface area contributed by atoms with Crippen LogP contribution in [0.2, 0.25) is 0 Å². The zero-order valence-corrected chi connectivity index (χ0v) is 11.3. The van der Waals surface area contributed by atoms with Gasteiger partial charge in [0.15, 0.2) is 0 Å². The number of nitrogens with two attached hydrogens (primary N) is 1. The molecule has 0 saturated heterocycles. The monoisotopic (exact) mass is 255 g/mol. The zero-order chi connectivity index (χ0) is 13.7. The van der Waals surface area contributed by atoms with E-state index in [1.54, 1.807) is 0 Å². The van der Waals surface area contributed by atoms with E-state index in [4.69, 9.17) is 5.73 Å². The van der Waals surface area contributed by atoms with Crippen LogP contribution in [-0.2, 0) is 5.41 Å². The molecule has 2 rings (SSSR count). The molecule has 0 amide bonds. The topological polar surface area (TPSA) is 46.2 Å². The van der Waals surface area contributed by atoms with Crippen molar-refractivity contribution in [3.05, 3.63) is 71.8 Å². The summed E-state index contributed by atoms with van der Waals surface area (Å²) in [7, 11) is 0. The summed E-state index contributed by atoms with van der Waals surface area (Å²) in [6, 6.07) is 20.4. The number of benzene rings is 2. The second-order valence-corrected chi connectivity index (χ2v) is 5.07. The third-order valence-corrected chi connectivity index (χ3v) is 3.65. The van der Waals surface area contributed by atoms with Crippen molar-refractivity contribution in [1.82, 2.24) is 0 Å². The van der Waals surface area contributed by atoms with Gasteiger partial charge in [0.05, 0.1) is 6.10 Å². The molecule has 0 spiro atoms. The smallest absolute Gasteiger partial charge is 0.0524 e. The van der Waals surface area contributed by atoms with Gasteiger partial charge in [0.2, 0.25) is 0 Å². The molecule has 2 heteroatoms. The lowest BCUT2D eigenvalue weighted by Gasteiger charge is -2.35. The van der Waals surface area contributed by atoms with E-state index in [1.807, 2.05) is 43.3 Å². The molecular weight excluding hydrogens is 234 g/mol. The van der Waals surface area contributed by atoms with E-state index >= 15 is 0 Å². The molecule has 0 aliphatic heterocycles. The molecule has 0 bridgehead atoms. The summed E-state index contributed by atoms with van der Waals surface area (Å²) in [6.07, 6.45) is 0.223. The van der Waals surface area contributed by atoms with Gasteiger partial charge in [0, 0.05) is 12.0 Å². The molecule has 1 unspecified atom stereocenters. The van der Waals surface area contributed by atoms with Gasteiger partial charge in [0.25, 0.3) is 0 Å². The number of rotatable bonds is 5. The minimum Gasteiger partial charge on any atom is -0.393 e. The molecule has 0 fully saturated rings. The Morgan fingerprint density at radius 3 is 1.68 bits per heavy atom. The van der Waals surface area contributed by atoms with Gasteiger partial charge in [0.1, 0.15) is 0 Å². The predicted molar refractivity (Wildman–Crippen MR) is 79.0 cm³/mol. The molecule has 2 nitrogen and oxygen atoms in total. The quantitative estimate of drug-likeness (QED) is 0.863. The summed E-state index contributed by atoms with van der Waals surface area (Å²) in [6.45, 7) is 2.29. The first-order valence-corrected chi connectivity index (χ1v) is 6.68. The van der Waals surface area contributed by atoms with E-state index in [9.17, 15) is 5.11 Å². The van der Waals surface area contributed by atoms with Gasteiger partial charge in [-0.2, -0.15) is 0 Å². The number of hydrogen-bond donors (Lipinski definition) is 2. The molecule has 2 aromatic carbocycles. The zero-order valence-electron chi connectivity index (χ0n) is 11.3. The van der Waals surface area contributed by atoms with Crippen molar-refractivity contribution in [3.63, 3.8) is 0 Å². The van der Waals surface area contributed by atoms with E-state index in [0.29, 0.717) is 13.0 Å². The van der Waals surface area contributed by atoms with Gasteiger partial charge in [-0.25, -0.2) is 0 Å². The van der Waals surface area contributed by atoms with Crippen LogP contribution in [0.15, 0.2) is 60.7 Å². The fraction of sp³-hybridized carbons (Fsp3) is 0.294. The van der Waals surface area contributed by atoms with Gasteiger partial charge < -0.3 is 10.8 Å². The maximum absolute atomic E-state index is 9.89. The first kappa shape index (κ1) is 13.8. The first-order valence-electron chi connectivity index (χ1n) is 6.68. The highest BCUT2D eigenvalue weighted by molar-refractivity contribution is 5.40. The Balaban J connectivity index is 2.55. The SMILES string of the molecule is CC(O)CC(CN)(c1ccccc1)c1ccccc1. The molecular formula is C17H21NO. The molecule has 2 aromatic rings. The van der Waals surface area contributed by atoms with E-state index in [2.05, 4.69) is 24.3 Å². The summed E-state index contributed by atoms with van der Waals surface area (Å²) in [5.74, 6) is 0. The summed E-state index contributed by atoms with van der Waals surface area (Å²) in [4.78, 5) is 0. The van der Waals surface area contributed by atoms with Crippen molar-refractivity contribution in [1.29, 1.82) is 0 Å². The minimum absolute atomic E-state index is 0.323. The number of aliphatic hydroxyl groups is 1. The molecule has 19 heavy (non-hydrogen) atoms. The minimum atomic E-state index is -0.399. The van der Waals surface area contributed by atoms with Crippen LogP contribution >= 0.6 is 0 Å². The number of aliphatic hydroxyl groups excluding tert-OH is 1. The third-order valence-electron chi connectivity index (χ3n) is 3.65. The Bertz CT molecular complexity index is 454. The normalized spacial score (nSPS) is 13.2. The average molecular weight is 255 g/mol. The second-order valence-electron chi connectivity index (χ2n) is 5.07. The Kier molecular flexibility index (Phi) is 4.35. The van der Waals surface area contributed by atoms with E-state index in [0.717, 1.165) is 11.1 Å². The standard InChI is InChI=1S/C17H21NO/c1-14(19)12-17(13-18,15-8-4-2-5-9-15)16-10-6-3-7-11-16/h2-11,14,19H,12-13,18H2,1H3. The molecule has 0 saturated carbocycles. The lowest BCUT2D eigenvalue weighted by Crippen LogP contribution is -2.39. The highest BCUT2D eigenvalue weighted by atomic mass is 16.3. The Labute approximate surface area is 114 Å². The van der Waals surface area contributed by atoms with Crippen molar-refractivity contribution in [2.24, 2.45) is 5.73 Å². The first-order chi connectivity index (χ1) is 9.19. The lowest BCUT2D eigenvalue weighted by molar-refractivity contribution is 0.159. The number of hydrogen-bond acceptors (Lipinski definition) is 2. The van der Waals surface area contributed by atoms with Gasteiger partial charge >= 0.3 is 0 Å². The predicted octanol–water partition coefficient (Wildman–Crippen LogP) is 2.70. The van der Waals surface area contributed by atoms with Crippen molar-refractivity contribution < 1.29 is 5.11 Å². The molecule has 0 aliphatic rings. The van der Waals surface area contributed by atoms with Gasteiger partial charge in [-0.1, -0.05) is 60.7 Å². The van der Waals surface area contributed by atoms with Crippen LogP contribution in [0.1, 0.15) is 24.5 Å². The Morgan fingerprint density at radius 2 is 1.37 bits per heavy atom. The van der Waals surface area contributed by atoms with Crippen LogP contribution in [0, 0.1) is 0 Å². The summed E-state index contributed by atoms with van der Waals surface area (Å²) in [5.41, 5.74) is 8.10. The molecule has 100 valence electrons. The highest BCUT2D eigenvalue weighted by Gasteiger charge is 2.33. The van der Waals surface area contributed by atoms with Crippen LogP contribution in [0.3, 0.4) is 0 Å². The van der Waals surface area contributed by atoms with Crippen LogP contribution < -0.4 is 5.73 Å². The molecule has 1 atom stereocenters. The van der Waals surface area contributed by atoms with Crippen molar-refractivity contribution in [3.8, 4) is 0 Å². The van der Waals surface area contributed by atoms with Crippen LogP contribution in [0.25, 0.3) is 0 Å². The van der Waals surface area contributed by atoms with Crippen LogP contribution in [0.4, 0.5) is 0 Å². The molecule has 0 aliphatic carbocycles. The van der Waals surface area contributed by atoms with Gasteiger partial charge in [-0.05, 0) is 24.5 Å². The highest BCUT2D eigenvalue weighted by Crippen LogP contribution is 2.35. The van der Waals surface area contributed by atoms with E-state index in [-0.39, 0.29) is 5.41 Å². The van der Waals surface area contributed by atoms with E-state index < -0.39 is 6.10 Å². The second kappa shape index (κ2) is 6.00. The van der Waals surface area contributed by atoms with Gasteiger partial charge in [-0.3, -0.25) is 0 Å².